The molecular weight excluding hydrogens is 300 g/mol. The number of rotatable bonds is 3. The molecule has 2 aliphatic carbocycles. The highest BCUT2D eigenvalue weighted by molar-refractivity contribution is 9.10. The quantitative estimate of drug-likeness (QED) is 0.861. The van der Waals surface area contributed by atoms with Gasteiger partial charge in [0.2, 0.25) is 0 Å². The van der Waals surface area contributed by atoms with E-state index in [4.69, 9.17) is 0 Å². The summed E-state index contributed by atoms with van der Waals surface area (Å²) in [5.74, 6) is 1.17. The molecule has 3 atom stereocenters. The molecule has 0 radical (unpaired) electrons. The molecule has 2 fully saturated rings. The van der Waals surface area contributed by atoms with Gasteiger partial charge in [0, 0.05) is 11.0 Å². The van der Waals surface area contributed by atoms with Crippen molar-refractivity contribution in [2.24, 2.45) is 17.8 Å². The minimum absolute atomic E-state index is 0.0148. The van der Waals surface area contributed by atoms with E-state index in [1.54, 1.807) is 0 Å². The summed E-state index contributed by atoms with van der Waals surface area (Å²) >= 11 is 3.08. The van der Waals surface area contributed by atoms with Crippen LogP contribution in [0.3, 0.4) is 0 Å². The SMILES string of the molecule is Fc1cc(Br)cc(F)c1NCC1CC2CCC1C2. The van der Waals surface area contributed by atoms with Crippen molar-refractivity contribution in [2.45, 2.75) is 25.7 Å². The number of nitrogens with one attached hydrogen (secondary N) is 1. The van der Waals surface area contributed by atoms with Crippen molar-refractivity contribution in [2.75, 3.05) is 11.9 Å². The molecule has 2 bridgehead atoms. The van der Waals surface area contributed by atoms with E-state index in [2.05, 4.69) is 21.2 Å². The normalized spacial score (nSPS) is 29.8. The topological polar surface area (TPSA) is 12.0 Å². The fraction of sp³-hybridized carbons (Fsp3) is 0.571. The van der Waals surface area contributed by atoms with Gasteiger partial charge in [-0.2, -0.15) is 0 Å². The Balaban J connectivity index is 1.67. The maximum Gasteiger partial charge on any atom is 0.150 e. The third-order valence-corrected chi connectivity index (χ3v) is 4.89. The van der Waals surface area contributed by atoms with Gasteiger partial charge in [-0.3, -0.25) is 0 Å². The van der Waals surface area contributed by atoms with Crippen LogP contribution in [0.4, 0.5) is 14.5 Å². The van der Waals surface area contributed by atoms with E-state index < -0.39 is 11.6 Å². The van der Waals surface area contributed by atoms with E-state index in [1.165, 1.54) is 37.8 Å². The first-order valence-corrected chi connectivity index (χ1v) is 7.31. The molecule has 98 valence electrons. The van der Waals surface area contributed by atoms with Crippen molar-refractivity contribution in [1.29, 1.82) is 0 Å². The van der Waals surface area contributed by atoms with Gasteiger partial charge in [0.05, 0.1) is 0 Å². The summed E-state index contributed by atoms with van der Waals surface area (Å²) in [7, 11) is 0. The smallest absolute Gasteiger partial charge is 0.150 e. The van der Waals surface area contributed by atoms with Crippen molar-refractivity contribution < 1.29 is 8.78 Å². The van der Waals surface area contributed by atoms with Crippen LogP contribution in [0, 0.1) is 29.4 Å². The number of hydrogen-bond acceptors (Lipinski definition) is 1. The maximum atomic E-state index is 13.6. The Morgan fingerprint density at radius 1 is 1.17 bits per heavy atom. The third kappa shape index (κ3) is 2.27. The lowest BCUT2D eigenvalue weighted by molar-refractivity contribution is 0.347. The summed E-state index contributed by atoms with van der Waals surface area (Å²) in [6.45, 7) is 0.691. The van der Waals surface area contributed by atoms with Crippen LogP contribution < -0.4 is 5.32 Å². The second-order valence-corrected chi connectivity index (χ2v) is 6.48. The van der Waals surface area contributed by atoms with Gasteiger partial charge in [-0.15, -0.1) is 0 Å². The molecule has 0 saturated heterocycles. The van der Waals surface area contributed by atoms with Crippen LogP contribution in [0.1, 0.15) is 25.7 Å². The van der Waals surface area contributed by atoms with E-state index >= 15 is 0 Å². The largest absolute Gasteiger partial charge is 0.380 e. The highest BCUT2D eigenvalue weighted by atomic mass is 79.9. The van der Waals surface area contributed by atoms with Crippen molar-refractivity contribution >= 4 is 21.6 Å². The van der Waals surface area contributed by atoms with Gasteiger partial charge in [0.25, 0.3) is 0 Å². The molecular formula is C14H16BrF2N. The highest BCUT2D eigenvalue weighted by Crippen LogP contribution is 2.48. The molecule has 1 aromatic carbocycles. The van der Waals surface area contributed by atoms with Crippen LogP contribution in [0.25, 0.3) is 0 Å². The molecule has 1 aromatic rings. The van der Waals surface area contributed by atoms with Crippen LogP contribution in [-0.4, -0.2) is 6.54 Å². The van der Waals surface area contributed by atoms with Gasteiger partial charge in [-0.25, -0.2) is 8.78 Å². The van der Waals surface area contributed by atoms with Gasteiger partial charge in [0.15, 0.2) is 0 Å². The Labute approximate surface area is 114 Å². The predicted molar refractivity (Wildman–Crippen MR) is 71.5 cm³/mol. The molecule has 3 rings (SSSR count). The number of halogens is 3. The van der Waals surface area contributed by atoms with Crippen molar-refractivity contribution in [3.8, 4) is 0 Å². The summed E-state index contributed by atoms with van der Waals surface area (Å²) in [4.78, 5) is 0. The van der Waals surface area contributed by atoms with Crippen LogP contribution in [0.15, 0.2) is 16.6 Å². The zero-order chi connectivity index (χ0) is 12.7. The summed E-state index contributed by atoms with van der Waals surface area (Å²) in [5.41, 5.74) is 0.0148. The minimum Gasteiger partial charge on any atom is -0.380 e. The maximum absolute atomic E-state index is 13.6. The zero-order valence-corrected chi connectivity index (χ0v) is 11.6. The standard InChI is InChI=1S/C14H16BrF2N/c15-11-5-12(16)14(13(17)6-11)18-7-10-4-8-1-2-9(10)3-8/h5-6,8-10,18H,1-4,7H2. The van der Waals surface area contributed by atoms with Crippen LogP contribution >= 0.6 is 15.9 Å². The Morgan fingerprint density at radius 3 is 2.44 bits per heavy atom. The van der Waals surface area contributed by atoms with E-state index in [1.807, 2.05) is 0 Å². The molecule has 0 aliphatic heterocycles. The summed E-state index contributed by atoms with van der Waals surface area (Å²) < 4.78 is 27.7. The average molecular weight is 316 g/mol. The summed E-state index contributed by atoms with van der Waals surface area (Å²) in [6, 6.07) is 2.60. The lowest BCUT2D eigenvalue weighted by atomic mass is 9.89. The Kier molecular flexibility index (Phi) is 3.31. The highest BCUT2D eigenvalue weighted by Gasteiger charge is 2.39. The molecule has 18 heavy (non-hydrogen) atoms. The number of benzene rings is 1. The van der Waals surface area contributed by atoms with Crippen LogP contribution in [0.2, 0.25) is 0 Å². The molecule has 1 nitrogen and oxygen atoms in total. The van der Waals surface area contributed by atoms with Crippen molar-refractivity contribution in [3.05, 3.63) is 28.2 Å². The molecule has 3 unspecified atom stereocenters. The fourth-order valence-corrected chi connectivity index (χ4v) is 3.97. The molecule has 2 saturated carbocycles. The predicted octanol–water partition coefficient (Wildman–Crippen LogP) is 4.58. The first kappa shape index (κ1) is 12.4. The summed E-state index contributed by atoms with van der Waals surface area (Å²) in [5, 5.41) is 2.96. The zero-order valence-electron chi connectivity index (χ0n) is 10.1. The lowest BCUT2D eigenvalue weighted by Gasteiger charge is -2.22. The van der Waals surface area contributed by atoms with Crippen LogP contribution in [-0.2, 0) is 0 Å². The Bertz CT molecular complexity index is 440. The molecule has 0 amide bonds. The molecule has 0 heterocycles. The van der Waals surface area contributed by atoms with Gasteiger partial charge in [-0.05, 0) is 49.1 Å². The first-order chi connectivity index (χ1) is 8.63. The first-order valence-electron chi connectivity index (χ1n) is 6.52. The van der Waals surface area contributed by atoms with E-state index in [0.29, 0.717) is 16.9 Å². The Hall–Kier alpha value is -0.640. The second kappa shape index (κ2) is 4.80. The Morgan fingerprint density at radius 2 is 1.89 bits per heavy atom. The van der Waals surface area contributed by atoms with Crippen molar-refractivity contribution in [3.63, 3.8) is 0 Å². The van der Waals surface area contributed by atoms with Crippen LogP contribution in [0.5, 0.6) is 0 Å². The molecule has 4 heteroatoms. The van der Waals surface area contributed by atoms with E-state index in [0.717, 1.165) is 11.8 Å². The van der Waals surface area contributed by atoms with E-state index in [9.17, 15) is 8.78 Å². The lowest BCUT2D eigenvalue weighted by Crippen LogP contribution is -2.21. The fourth-order valence-electron chi connectivity index (χ4n) is 3.57. The number of fused-ring (bicyclic) bond motifs is 2. The van der Waals surface area contributed by atoms with Gasteiger partial charge >= 0.3 is 0 Å². The second-order valence-electron chi connectivity index (χ2n) is 5.56. The molecule has 2 aliphatic rings. The van der Waals surface area contributed by atoms with Gasteiger partial charge in [-0.1, -0.05) is 22.4 Å². The minimum atomic E-state index is -0.523. The van der Waals surface area contributed by atoms with Crippen molar-refractivity contribution in [1.82, 2.24) is 0 Å². The van der Waals surface area contributed by atoms with Gasteiger partial charge < -0.3 is 5.32 Å². The third-order valence-electron chi connectivity index (χ3n) is 4.43. The molecule has 0 aromatic heterocycles. The number of hydrogen-bond donors (Lipinski definition) is 1. The summed E-state index contributed by atoms with van der Waals surface area (Å²) in [6.07, 6.45) is 5.18. The average Bonchev–Trinajstić information content (AvgIpc) is 2.89. The van der Waals surface area contributed by atoms with Gasteiger partial charge in [0.1, 0.15) is 17.3 Å². The monoisotopic (exact) mass is 315 g/mol. The van der Waals surface area contributed by atoms with E-state index in [-0.39, 0.29) is 5.69 Å². The molecule has 1 N–H and O–H groups in total. The molecule has 0 spiro atoms. The number of anilines is 1.